The molecule has 0 aromatic carbocycles. The first-order chi connectivity index (χ1) is 4.77. The van der Waals surface area contributed by atoms with Gasteiger partial charge in [0.25, 0.3) is 0 Å². The minimum Gasteiger partial charge on any atom is -0.476 e. The zero-order valence-corrected chi connectivity index (χ0v) is 6.16. The summed E-state index contributed by atoms with van der Waals surface area (Å²) < 4.78 is 7.26. The average Bonchev–Trinajstić information content (AvgIpc) is 2.35. The van der Waals surface area contributed by atoms with Crippen molar-refractivity contribution in [2.24, 2.45) is 0 Å². The minimum absolute atomic E-state index is 0.406. The largest absolute Gasteiger partial charge is 0.476 e. The molecule has 0 fully saturated rings. The lowest BCUT2D eigenvalue weighted by atomic mass is 10.4. The molecule has 1 aromatic heterocycles. The van der Waals surface area contributed by atoms with E-state index in [1.165, 1.54) is 0 Å². The number of aryl methyl sites for hydroxylation is 1. The minimum atomic E-state index is 0.406. The lowest BCUT2D eigenvalue weighted by Gasteiger charge is -1.97. The van der Waals surface area contributed by atoms with Crippen LogP contribution in [0.15, 0.2) is 6.07 Å². The van der Waals surface area contributed by atoms with Crippen molar-refractivity contribution in [1.82, 2.24) is 9.78 Å². The number of aromatic nitrogens is 2. The Bertz CT molecular complexity index is 254. The maximum atomic E-state index is 5.33. The van der Waals surface area contributed by atoms with Crippen LogP contribution in [0, 0.1) is 6.92 Å². The van der Waals surface area contributed by atoms with Crippen LogP contribution in [-0.4, -0.2) is 16.4 Å². The summed E-state index contributed by atoms with van der Waals surface area (Å²) in [6.45, 7) is 4.84. The third kappa shape index (κ3) is 0.632. The molecule has 10 heavy (non-hydrogen) atoms. The van der Waals surface area contributed by atoms with Gasteiger partial charge in [-0.25, -0.2) is 4.68 Å². The van der Waals surface area contributed by atoms with Gasteiger partial charge in [-0.2, -0.15) is 5.10 Å². The van der Waals surface area contributed by atoms with E-state index in [1.54, 1.807) is 0 Å². The molecule has 0 N–H and O–H groups in total. The van der Waals surface area contributed by atoms with E-state index in [0.717, 1.165) is 18.2 Å². The second-order valence-electron chi connectivity index (χ2n) is 2.73. The van der Waals surface area contributed by atoms with E-state index in [0.29, 0.717) is 6.04 Å². The molecule has 0 spiro atoms. The molecule has 1 unspecified atom stereocenters. The highest BCUT2D eigenvalue weighted by Crippen LogP contribution is 2.24. The summed E-state index contributed by atoms with van der Waals surface area (Å²) >= 11 is 0. The maximum Gasteiger partial charge on any atom is 0.212 e. The Hall–Kier alpha value is -0.990. The molecule has 0 amide bonds. The van der Waals surface area contributed by atoms with Crippen LogP contribution in [0.4, 0.5) is 0 Å². The SMILES string of the molecule is Cc1cc2n(n1)C(C)CO2. The monoisotopic (exact) mass is 138 g/mol. The Labute approximate surface area is 59.6 Å². The Morgan fingerprint density at radius 2 is 2.60 bits per heavy atom. The van der Waals surface area contributed by atoms with Gasteiger partial charge in [-0.05, 0) is 13.8 Å². The zero-order chi connectivity index (χ0) is 7.14. The lowest BCUT2D eigenvalue weighted by Crippen LogP contribution is -2.03. The van der Waals surface area contributed by atoms with E-state index < -0.39 is 0 Å². The summed E-state index contributed by atoms with van der Waals surface area (Å²) in [5, 5.41) is 4.26. The zero-order valence-electron chi connectivity index (χ0n) is 6.16. The molecule has 54 valence electrons. The number of ether oxygens (including phenoxy) is 1. The summed E-state index contributed by atoms with van der Waals surface area (Å²) in [4.78, 5) is 0. The Morgan fingerprint density at radius 3 is 3.30 bits per heavy atom. The van der Waals surface area contributed by atoms with Gasteiger partial charge in [0.1, 0.15) is 6.61 Å². The summed E-state index contributed by atoms with van der Waals surface area (Å²) in [6, 6.07) is 2.37. The number of hydrogen-bond donors (Lipinski definition) is 0. The Morgan fingerprint density at radius 1 is 1.80 bits per heavy atom. The van der Waals surface area contributed by atoms with E-state index in [2.05, 4.69) is 12.0 Å². The maximum absolute atomic E-state index is 5.33. The molecule has 0 radical (unpaired) electrons. The van der Waals surface area contributed by atoms with Crippen LogP contribution in [0.3, 0.4) is 0 Å². The highest BCUT2D eigenvalue weighted by molar-refractivity contribution is 5.18. The topological polar surface area (TPSA) is 27.1 Å². The molecule has 2 heterocycles. The van der Waals surface area contributed by atoms with Gasteiger partial charge < -0.3 is 4.74 Å². The van der Waals surface area contributed by atoms with Gasteiger partial charge in [-0.15, -0.1) is 0 Å². The van der Waals surface area contributed by atoms with Crippen LogP contribution in [0.1, 0.15) is 18.7 Å². The van der Waals surface area contributed by atoms with E-state index in [1.807, 2.05) is 17.7 Å². The molecule has 1 aromatic rings. The van der Waals surface area contributed by atoms with Crippen molar-refractivity contribution in [3.63, 3.8) is 0 Å². The molecule has 0 aliphatic carbocycles. The van der Waals surface area contributed by atoms with E-state index in [-0.39, 0.29) is 0 Å². The van der Waals surface area contributed by atoms with Crippen LogP contribution < -0.4 is 4.74 Å². The van der Waals surface area contributed by atoms with Crippen LogP contribution in [0.2, 0.25) is 0 Å². The van der Waals surface area contributed by atoms with Crippen molar-refractivity contribution in [3.05, 3.63) is 11.8 Å². The van der Waals surface area contributed by atoms with Gasteiger partial charge in [0, 0.05) is 6.07 Å². The smallest absolute Gasteiger partial charge is 0.212 e. The van der Waals surface area contributed by atoms with Crippen LogP contribution in [-0.2, 0) is 0 Å². The standard InChI is InChI=1S/C7H10N2O/c1-5-3-7-9(8-5)6(2)4-10-7/h3,6H,4H2,1-2H3. The van der Waals surface area contributed by atoms with Gasteiger partial charge in [0.05, 0.1) is 11.7 Å². The molecule has 1 aliphatic heterocycles. The number of hydrogen-bond acceptors (Lipinski definition) is 2. The summed E-state index contributed by atoms with van der Waals surface area (Å²) in [5.41, 5.74) is 1.03. The molecule has 3 nitrogen and oxygen atoms in total. The van der Waals surface area contributed by atoms with Crippen LogP contribution in [0.25, 0.3) is 0 Å². The molecule has 0 saturated heterocycles. The highest BCUT2D eigenvalue weighted by atomic mass is 16.5. The number of rotatable bonds is 0. The fourth-order valence-corrected chi connectivity index (χ4v) is 1.19. The van der Waals surface area contributed by atoms with Crippen molar-refractivity contribution in [2.75, 3.05) is 6.61 Å². The fraction of sp³-hybridized carbons (Fsp3) is 0.571. The molecule has 1 aliphatic rings. The van der Waals surface area contributed by atoms with Crippen molar-refractivity contribution in [3.8, 4) is 5.88 Å². The predicted octanol–water partition coefficient (Wildman–Crippen LogP) is 1.14. The molecule has 1 atom stereocenters. The molecule has 0 bridgehead atoms. The van der Waals surface area contributed by atoms with E-state index >= 15 is 0 Å². The van der Waals surface area contributed by atoms with Gasteiger partial charge in [-0.1, -0.05) is 0 Å². The van der Waals surface area contributed by atoms with Crippen LogP contribution in [0.5, 0.6) is 5.88 Å². The van der Waals surface area contributed by atoms with Crippen molar-refractivity contribution >= 4 is 0 Å². The second-order valence-corrected chi connectivity index (χ2v) is 2.73. The van der Waals surface area contributed by atoms with Crippen LogP contribution >= 0.6 is 0 Å². The number of fused-ring (bicyclic) bond motifs is 1. The van der Waals surface area contributed by atoms with Gasteiger partial charge in [0.15, 0.2) is 0 Å². The quantitative estimate of drug-likeness (QED) is 0.537. The average molecular weight is 138 g/mol. The van der Waals surface area contributed by atoms with E-state index in [9.17, 15) is 0 Å². The highest BCUT2D eigenvalue weighted by Gasteiger charge is 2.20. The third-order valence-electron chi connectivity index (χ3n) is 1.71. The van der Waals surface area contributed by atoms with Crippen molar-refractivity contribution < 1.29 is 4.74 Å². The second kappa shape index (κ2) is 1.75. The fourth-order valence-electron chi connectivity index (χ4n) is 1.19. The van der Waals surface area contributed by atoms with Crippen molar-refractivity contribution in [2.45, 2.75) is 19.9 Å². The van der Waals surface area contributed by atoms with E-state index in [4.69, 9.17) is 4.74 Å². The normalized spacial score (nSPS) is 22.4. The first kappa shape index (κ1) is 5.77. The van der Waals surface area contributed by atoms with Gasteiger partial charge in [-0.3, -0.25) is 0 Å². The molecule has 2 rings (SSSR count). The molecule has 3 heteroatoms. The van der Waals surface area contributed by atoms with Crippen molar-refractivity contribution in [1.29, 1.82) is 0 Å². The van der Waals surface area contributed by atoms with Gasteiger partial charge >= 0.3 is 0 Å². The summed E-state index contributed by atoms with van der Waals surface area (Å²) in [6.07, 6.45) is 0. The molecule has 0 saturated carbocycles. The Kier molecular flexibility index (Phi) is 1.01. The number of nitrogens with zero attached hydrogens (tertiary/aromatic N) is 2. The first-order valence-corrected chi connectivity index (χ1v) is 3.46. The van der Waals surface area contributed by atoms with Gasteiger partial charge in [0.2, 0.25) is 5.88 Å². The first-order valence-electron chi connectivity index (χ1n) is 3.46. The predicted molar refractivity (Wildman–Crippen MR) is 37.2 cm³/mol. The summed E-state index contributed by atoms with van der Waals surface area (Å²) in [7, 11) is 0. The molecular formula is C7H10N2O. The summed E-state index contributed by atoms with van der Waals surface area (Å²) in [5.74, 6) is 0.907. The molecular weight excluding hydrogens is 128 g/mol. The lowest BCUT2D eigenvalue weighted by molar-refractivity contribution is 0.333. The Balaban J connectivity index is 2.49. The third-order valence-corrected chi connectivity index (χ3v) is 1.71.